The van der Waals surface area contributed by atoms with Crippen molar-refractivity contribution in [2.75, 3.05) is 5.32 Å². The van der Waals surface area contributed by atoms with Gasteiger partial charge in [-0.3, -0.25) is 0 Å². The zero-order valence-corrected chi connectivity index (χ0v) is 12.2. The van der Waals surface area contributed by atoms with E-state index in [1.54, 1.807) is 24.3 Å². The molecule has 0 fully saturated rings. The van der Waals surface area contributed by atoms with E-state index in [0.717, 1.165) is 6.07 Å². The Kier molecular flexibility index (Phi) is 5.93. The van der Waals surface area contributed by atoms with Crippen LogP contribution in [0.3, 0.4) is 0 Å². The number of nitrogens with one attached hydrogen (secondary N) is 1. The minimum Gasteiger partial charge on any atom is -0.478 e. The van der Waals surface area contributed by atoms with Crippen molar-refractivity contribution in [3.63, 3.8) is 0 Å². The van der Waals surface area contributed by atoms with E-state index in [0.29, 0.717) is 5.70 Å². The zero-order chi connectivity index (χ0) is 15.1. The number of halogens is 2. The zero-order valence-electron chi connectivity index (χ0n) is 10.6. The monoisotopic (exact) mass is 337 g/mol. The second-order valence-electron chi connectivity index (χ2n) is 3.69. The van der Waals surface area contributed by atoms with Crippen molar-refractivity contribution in [1.29, 1.82) is 0 Å². The molecule has 5 heteroatoms. The smallest absolute Gasteiger partial charge is 0.337 e. The SMILES string of the molecule is C=C/C=C\C=C(/C=C)Nc1cc(F)c(Br)cc1C(=O)O. The second kappa shape index (κ2) is 7.45. The first-order valence-corrected chi connectivity index (χ1v) is 6.40. The van der Waals surface area contributed by atoms with Gasteiger partial charge in [-0.2, -0.15) is 0 Å². The van der Waals surface area contributed by atoms with Crippen LogP contribution < -0.4 is 5.32 Å². The van der Waals surface area contributed by atoms with Crippen molar-refractivity contribution in [3.8, 4) is 0 Å². The maximum absolute atomic E-state index is 13.5. The predicted octanol–water partition coefficient (Wildman–Crippen LogP) is 4.51. The summed E-state index contributed by atoms with van der Waals surface area (Å²) < 4.78 is 13.6. The normalized spacial score (nSPS) is 11.4. The van der Waals surface area contributed by atoms with Crippen LogP contribution in [-0.2, 0) is 0 Å². The number of hydrogen-bond acceptors (Lipinski definition) is 2. The summed E-state index contributed by atoms with van der Waals surface area (Å²) in [5.41, 5.74) is 0.641. The van der Waals surface area contributed by atoms with Crippen molar-refractivity contribution in [1.82, 2.24) is 0 Å². The van der Waals surface area contributed by atoms with Gasteiger partial charge in [-0.15, -0.1) is 0 Å². The minimum absolute atomic E-state index is 0.0428. The van der Waals surface area contributed by atoms with Gasteiger partial charge in [0.1, 0.15) is 5.82 Å². The van der Waals surface area contributed by atoms with E-state index in [9.17, 15) is 9.18 Å². The van der Waals surface area contributed by atoms with Gasteiger partial charge in [0.15, 0.2) is 0 Å². The third-order valence-corrected chi connectivity index (χ3v) is 2.92. The Morgan fingerprint density at radius 3 is 2.60 bits per heavy atom. The highest BCUT2D eigenvalue weighted by Crippen LogP contribution is 2.26. The van der Waals surface area contributed by atoms with Gasteiger partial charge in [-0.25, -0.2) is 9.18 Å². The Bertz CT molecular complexity index is 606. The summed E-state index contributed by atoms with van der Waals surface area (Å²) in [7, 11) is 0. The van der Waals surface area contributed by atoms with Crippen LogP contribution in [0.5, 0.6) is 0 Å². The van der Waals surface area contributed by atoms with Crippen molar-refractivity contribution < 1.29 is 14.3 Å². The van der Waals surface area contributed by atoms with Gasteiger partial charge in [0.05, 0.1) is 15.7 Å². The maximum Gasteiger partial charge on any atom is 0.337 e. The quantitative estimate of drug-likeness (QED) is 0.751. The number of anilines is 1. The molecule has 1 aromatic rings. The Labute approximate surface area is 124 Å². The molecule has 0 amide bonds. The second-order valence-corrected chi connectivity index (χ2v) is 4.54. The number of benzene rings is 1. The van der Waals surface area contributed by atoms with E-state index in [2.05, 4.69) is 34.4 Å². The van der Waals surface area contributed by atoms with Crippen LogP contribution >= 0.6 is 15.9 Å². The van der Waals surface area contributed by atoms with Crippen LogP contribution in [0.1, 0.15) is 10.4 Å². The van der Waals surface area contributed by atoms with E-state index in [1.165, 1.54) is 12.1 Å². The number of allylic oxidation sites excluding steroid dienone is 5. The molecule has 0 aliphatic rings. The van der Waals surface area contributed by atoms with Crippen LogP contribution in [0.25, 0.3) is 0 Å². The highest BCUT2D eigenvalue weighted by atomic mass is 79.9. The molecule has 104 valence electrons. The molecule has 1 rings (SSSR count). The number of rotatable bonds is 6. The van der Waals surface area contributed by atoms with Gasteiger partial charge < -0.3 is 10.4 Å². The van der Waals surface area contributed by atoms with Crippen molar-refractivity contribution in [3.05, 3.63) is 77.2 Å². The number of hydrogen-bond donors (Lipinski definition) is 2. The van der Waals surface area contributed by atoms with Crippen LogP contribution in [0, 0.1) is 5.82 Å². The molecule has 0 heterocycles. The highest BCUT2D eigenvalue weighted by Gasteiger charge is 2.14. The maximum atomic E-state index is 13.5. The molecule has 0 saturated heterocycles. The first-order valence-electron chi connectivity index (χ1n) is 5.60. The third kappa shape index (κ3) is 4.20. The van der Waals surface area contributed by atoms with Crippen LogP contribution in [0.15, 0.2) is 65.8 Å². The van der Waals surface area contributed by atoms with Gasteiger partial charge in [0.25, 0.3) is 0 Å². The molecule has 0 aromatic heterocycles. The Hall–Kier alpha value is -2.14. The summed E-state index contributed by atoms with van der Waals surface area (Å²) in [5, 5.41) is 11.9. The fourth-order valence-electron chi connectivity index (χ4n) is 1.38. The molecule has 0 bridgehead atoms. The largest absolute Gasteiger partial charge is 0.478 e. The number of carboxylic acid groups (broad SMARTS) is 1. The number of carbonyl (C=O) groups is 1. The molecule has 0 radical (unpaired) electrons. The molecular weight excluding hydrogens is 325 g/mol. The Balaban J connectivity index is 3.18. The van der Waals surface area contributed by atoms with E-state index in [-0.39, 0.29) is 15.7 Å². The van der Waals surface area contributed by atoms with E-state index < -0.39 is 11.8 Å². The van der Waals surface area contributed by atoms with E-state index in [4.69, 9.17) is 5.11 Å². The van der Waals surface area contributed by atoms with Crippen molar-refractivity contribution in [2.24, 2.45) is 0 Å². The Morgan fingerprint density at radius 1 is 1.35 bits per heavy atom. The van der Waals surface area contributed by atoms with E-state index in [1.807, 2.05) is 0 Å². The van der Waals surface area contributed by atoms with Gasteiger partial charge in [0, 0.05) is 5.70 Å². The number of carboxylic acids is 1. The summed E-state index contributed by atoms with van der Waals surface area (Å²) in [6, 6.07) is 2.32. The molecule has 0 unspecified atom stereocenters. The summed E-state index contributed by atoms with van der Waals surface area (Å²) in [5.74, 6) is -1.71. The van der Waals surface area contributed by atoms with Gasteiger partial charge in [-0.1, -0.05) is 31.4 Å². The summed E-state index contributed by atoms with van der Waals surface area (Å²) in [6.45, 7) is 7.14. The molecule has 1 aromatic carbocycles. The summed E-state index contributed by atoms with van der Waals surface area (Å²) in [4.78, 5) is 11.2. The fraction of sp³-hybridized carbons (Fsp3) is 0. The lowest BCUT2D eigenvalue weighted by atomic mass is 10.1. The summed E-state index contributed by atoms with van der Waals surface area (Å²) in [6.07, 6.45) is 8.16. The van der Waals surface area contributed by atoms with Gasteiger partial charge in [0.2, 0.25) is 0 Å². The average Bonchev–Trinajstić information content (AvgIpc) is 2.41. The third-order valence-electron chi connectivity index (χ3n) is 2.31. The Morgan fingerprint density at radius 2 is 2.05 bits per heavy atom. The van der Waals surface area contributed by atoms with Crippen LogP contribution in [0.4, 0.5) is 10.1 Å². The topological polar surface area (TPSA) is 49.3 Å². The first-order chi connectivity index (χ1) is 9.49. The summed E-state index contributed by atoms with van der Waals surface area (Å²) >= 11 is 2.96. The van der Waals surface area contributed by atoms with Crippen molar-refractivity contribution in [2.45, 2.75) is 0 Å². The first kappa shape index (κ1) is 15.9. The van der Waals surface area contributed by atoms with Crippen molar-refractivity contribution >= 4 is 27.6 Å². The predicted molar refractivity (Wildman–Crippen MR) is 82.3 cm³/mol. The average molecular weight is 338 g/mol. The lowest BCUT2D eigenvalue weighted by molar-refractivity contribution is 0.0698. The molecule has 0 spiro atoms. The molecule has 2 N–H and O–H groups in total. The van der Waals surface area contributed by atoms with Gasteiger partial charge >= 0.3 is 5.97 Å². The molecule has 0 atom stereocenters. The van der Waals surface area contributed by atoms with Gasteiger partial charge in [-0.05, 0) is 40.2 Å². The molecule has 3 nitrogen and oxygen atoms in total. The minimum atomic E-state index is -1.15. The molecule has 0 aliphatic carbocycles. The van der Waals surface area contributed by atoms with Crippen LogP contribution in [-0.4, -0.2) is 11.1 Å². The highest BCUT2D eigenvalue weighted by molar-refractivity contribution is 9.10. The standard InChI is InChI=1S/C15H13BrFNO2/c1-3-5-6-7-10(4-2)18-14-9-13(17)12(16)8-11(14)15(19)20/h3-9,18H,1-2H2,(H,19,20)/b6-5-,10-7+. The molecular formula is C15H13BrFNO2. The lowest BCUT2D eigenvalue weighted by Crippen LogP contribution is -2.06. The molecule has 20 heavy (non-hydrogen) atoms. The van der Waals surface area contributed by atoms with Crippen LogP contribution in [0.2, 0.25) is 0 Å². The molecule has 0 saturated carbocycles. The number of aromatic carboxylic acids is 1. The molecule has 0 aliphatic heterocycles. The van der Waals surface area contributed by atoms with E-state index >= 15 is 0 Å². The fourth-order valence-corrected chi connectivity index (χ4v) is 1.72. The lowest BCUT2D eigenvalue weighted by Gasteiger charge is -2.11.